The first-order valence-electron chi connectivity index (χ1n) is 12.7. The van der Waals surface area contributed by atoms with Crippen LogP contribution < -0.4 is 0 Å². The van der Waals surface area contributed by atoms with Gasteiger partial charge in [0.15, 0.2) is 0 Å². The Morgan fingerprint density at radius 1 is 0.912 bits per heavy atom. The van der Waals surface area contributed by atoms with Crippen LogP contribution in [0.25, 0.3) is 0 Å². The Hall–Kier alpha value is -1.55. The molecule has 0 aromatic rings. The van der Waals surface area contributed by atoms with Gasteiger partial charge in [0.05, 0.1) is 71.7 Å². The second kappa shape index (κ2) is 14.8. The van der Waals surface area contributed by atoms with Gasteiger partial charge in [-0.1, -0.05) is 34.1 Å². The van der Waals surface area contributed by atoms with Gasteiger partial charge in [0.25, 0.3) is 0 Å². The van der Waals surface area contributed by atoms with E-state index >= 15 is 0 Å². The summed E-state index contributed by atoms with van der Waals surface area (Å²) in [6, 6.07) is 0. The lowest BCUT2D eigenvalue weighted by Gasteiger charge is -2.24. The first kappa shape index (κ1) is 28.7. The summed E-state index contributed by atoms with van der Waals surface area (Å²) in [7, 11) is 0. The van der Waals surface area contributed by atoms with Gasteiger partial charge in [-0.3, -0.25) is 19.3 Å². The SMILES string of the molecule is CC[C@@H]1CCN(C(=O)CCOCCOCCOCCOCCN2C(=O)CC(C(C)(C)C)C2=O)C1. The fourth-order valence-corrected chi connectivity index (χ4v) is 4.22. The van der Waals surface area contributed by atoms with Crippen molar-refractivity contribution in [1.82, 2.24) is 9.80 Å². The predicted octanol–water partition coefficient (Wildman–Crippen LogP) is 2.12. The van der Waals surface area contributed by atoms with Crippen LogP contribution in [0.15, 0.2) is 0 Å². The molecule has 9 heteroatoms. The van der Waals surface area contributed by atoms with Gasteiger partial charge >= 0.3 is 0 Å². The molecule has 0 N–H and O–H groups in total. The molecule has 2 rings (SSSR count). The first-order valence-corrected chi connectivity index (χ1v) is 12.7. The van der Waals surface area contributed by atoms with Crippen LogP contribution in [0.1, 0.15) is 53.4 Å². The Kier molecular flexibility index (Phi) is 12.5. The number of amides is 3. The molecule has 9 nitrogen and oxygen atoms in total. The molecule has 1 unspecified atom stereocenters. The standard InChI is InChI=1S/C25H44N2O7/c1-5-20-6-8-26(19-20)22(28)7-10-31-12-14-33-16-17-34-15-13-32-11-9-27-23(29)18-21(24(27)30)25(2,3)4/h20-21H,5-19H2,1-4H3/t20-,21?/m1/s1. The zero-order valence-corrected chi connectivity index (χ0v) is 21.5. The molecule has 2 saturated heterocycles. The molecule has 0 radical (unpaired) electrons. The summed E-state index contributed by atoms with van der Waals surface area (Å²) in [6.45, 7) is 13.6. The molecule has 0 aliphatic carbocycles. The van der Waals surface area contributed by atoms with Crippen molar-refractivity contribution in [2.24, 2.45) is 17.3 Å². The second-order valence-electron chi connectivity index (χ2n) is 10.1. The summed E-state index contributed by atoms with van der Waals surface area (Å²) in [4.78, 5) is 39.9. The van der Waals surface area contributed by atoms with Crippen molar-refractivity contribution in [1.29, 1.82) is 0 Å². The number of hydrogen-bond acceptors (Lipinski definition) is 7. The molecule has 2 atom stereocenters. The van der Waals surface area contributed by atoms with Gasteiger partial charge in [0.1, 0.15) is 0 Å². The Morgan fingerprint density at radius 2 is 1.47 bits per heavy atom. The average Bonchev–Trinajstić information content (AvgIpc) is 3.38. The smallest absolute Gasteiger partial charge is 0.233 e. The van der Waals surface area contributed by atoms with Crippen LogP contribution >= 0.6 is 0 Å². The number of carbonyl (C=O) groups excluding carboxylic acids is 3. The highest BCUT2D eigenvalue weighted by Crippen LogP contribution is 2.35. The van der Waals surface area contributed by atoms with E-state index < -0.39 is 0 Å². The van der Waals surface area contributed by atoms with Crippen molar-refractivity contribution in [3.8, 4) is 0 Å². The summed E-state index contributed by atoms with van der Waals surface area (Å²) in [6.07, 6.45) is 2.96. The van der Waals surface area contributed by atoms with Crippen molar-refractivity contribution in [2.75, 3.05) is 72.5 Å². The van der Waals surface area contributed by atoms with Crippen LogP contribution in [0.3, 0.4) is 0 Å². The number of nitrogens with zero attached hydrogens (tertiary/aromatic N) is 2. The highest BCUT2D eigenvalue weighted by molar-refractivity contribution is 6.03. The van der Waals surface area contributed by atoms with E-state index in [1.54, 1.807) is 0 Å². The molecule has 34 heavy (non-hydrogen) atoms. The van der Waals surface area contributed by atoms with Gasteiger partial charge in [-0.15, -0.1) is 0 Å². The topological polar surface area (TPSA) is 94.6 Å². The molecule has 2 aliphatic rings. The minimum atomic E-state index is -0.250. The summed E-state index contributed by atoms with van der Waals surface area (Å²) >= 11 is 0. The van der Waals surface area contributed by atoms with Gasteiger partial charge in [-0.2, -0.15) is 0 Å². The number of likely N-dealkylation sites (tertiary alicyclic amines) is 2. The first-order chi connectivity index (χ1) is 16.2. The number of imide groups is 1. The zero-order valence-electron chi connectivity index (χ0n) is 21.5. The second-order valence-corrected chi connectivity index (χ2v) is 10.1. The monoisotopic (exact) mass is 484 g/mol. The molecule has 0 spiro atoms. The van der Waals surface area contributed by atoms with Crippen molar-refractivity contribution < 1.29 is 33.3 Å². The normalized spacial score (nSPS) is 21.2. The van der Waals surface area contributed by atoms with E-state index in [2.05, 4.69) is 6.92 Å². The summed E-state index contributed by atoms with van der Waals surface area (Å²) in [5.41, 5.74) is -0.213. The quantitative estimate of drug-likeness (QED) is 0.245. The van der Waals surface area contributed by atoms with E-state index in [1.807, 2.05) is 25.7 Å². The van der Waals surface area contributed by atoms with Crippen molar-refractivity contribution in [3.63, 3.8) is 0 Å². The van der Waals surface area contributed by atoms with Gasteiger partial charge in [-0.25, -0.2) is 0 Å². The number of carbonyl (C=O) groups is 3. The molecule has 3 amide bonds. The molecule has 0 aromatic carbocycles. The van der Waals surface area contributed by atoms with Crippen LogP contribution in [0.4, 0.5) is 0 Å². The molecule has 2 heterocycles. The molecule has 0 bridgehead atoms. The van der Waals surface area contributed by atoms with E-state index in [-0.39, 0.29) is 42.0 Å². The maximum absolute atomic E-state index is 12.4. The number of ether oxygens (including phenoxy) is 4. The lowest BCUT2D eigenvalue weighted by Crippen LogP contribution is -2.36. The Balaban J connectivity index is 1.35. The highest BCUT2D eigenvalue weighted by Gasteiger charge is 2.44. The average molecular weight is 485 g/mol. The molecule has 196 valence electrons. The molecule has 2 aliphatic heterocycles. The largest absolute Gasteiger partial charge is 0.379 e. The van der Waals surface area contributed by atoms with Crippen LogP contribution in [-0.2, 0) is 33.3 Å². The summed E-state index contributed by atoms with van der Waals surface area (Å²) < 4.78 is 21.9. The lowest BCUT2D eigenvalue weighted by atomic mass is 9.80. The Bertz CT molecular complexity index is 650. The van der Waals surface area contributed by atoms with Crippen molar-refractivity contribution in [2.45, 2.75) is 53.4 Å². The minimum absolute atomic E-state index is 0.0956. The van der Waals surface area contributed by atoms with Gasteiger partial charge < -0.3 is 23.8 Å². The summed E-state index contributed by atoms with van der Waals surface area (Å²) in [5, 5.41) is 0. The number of rotatable bonds is 16. The highest BCUT2D eigenvalue weighted by atomic mass is 16.6. The van der Waals surface area contributed by atoms with Crippen molar-refractivity contribution in [3.05, 3.63) is 0 Å². The third kappa shape index (κ3) is 9.60. The number of hydrogen-bond donors (Lipinski definition) is 0. The minimum Gasteiger partial charge on any atom is -0.379 e. The molecule has 0 aromatic heterocycles. The van der Waals surface area contributed by atoms with Crippen LogP contribution in [-0.4, -0.2) is 100 Å². The predicted molar refractivity (Wildman–Crippen MR) is 127 cm³/mol. The Morgan fingerprint density at radius 3 is 1.97 bits per heavy atom. The van der Waals surface area contributed by atoms with Gasteiger partial charge in [-0.05, 0) is 17.8 Å². The Labute approximate surface area is 204 Å². The lowest BCUT2D eigenvalue weighted by molar-refractivity contribution is -0.141. The third-order valence-corrected chi connectivity index (χ3v) is 6.54. The van der Waals surface area contributed by atoms with E-state index in [9.17, 15) is 14.4 Å². The zero-order chi connectivity index (χ0) is 25.0. The van der Waals surface area contributed by atoms with Crippen LogP contribution in [0, 0.1) is 17.3 Å². The van der Waals surface area contributed by atoms with E-state index in [4.69, 9.17) is 18.9 Å². The maximum atomic E-state index is 12.4. The molecule has 2 fully saturated rings. The van der Waals surface area contributed by atoms with E-state index in [0.29, 0.717) is 65.2 Å². The summed E-state index contributed by atoms with van der Waals surface area (Å²) in [5.74, 6) is 0.371. The van der Waals surface area contributed by atoms with Gasteiger partial charge in [0, 0.05) is 19.5 Å². The molecular weight excluding hydrogens is 440 g/mol. The maximum Gasteiger partial charge on any atom is 0.233 e. The van der Waals surface area contributed by atoms with Crippen molar-refractivity contribution >= 4 is 17.7 Å². The van der Waals surface area contributed by atoms with Crippen LogP contribution in [0.2, 0.25) is 0 Å². The van der Waals surface area contributed by atoms with E-state index in [1.165, 1.54) is 4.90 Å². The van der Waals surface area contributed by atoms with Crippen LogP contribution in [0.5, 0.6) is 0 Å². The molecular formula is C25H44N2O7. The van der Waals surface area contributed by atoms with Gasteiger partial charge in [0.2, 0.25) is 17.7 Å². The fraction of sp³-hybridized carbons (Fsp3) is 0.880. The molecule has 0 saturated carbocycles. The third-order valence-electron chi connectivity index (χ3n) is 6.54. The fourth-order valence-electron chi connectivity index (χ4n) is 4.22. The van der Waals surface area contributed by atoms with E-state index in [0.717, 1.165) is 25.9 Å².